The molecule has 1 rings (SSSR count). The topological polar surface area (TPSA) is 192 Å². The highest BCUT2D eigenvalue weighted by atomic mass is 31.2. The number of unbranched alkanes of at least 4 members (excludes halogenated alkanes) is 23. The zero-order valence-corrected chi connectivity index (χ0v) is 42.8. The van der Waals surface area contributed by atoms with Gasteiger partial charge in [0.25, 0.3) is 0 Å². The van der Waals surface area contributed by atoms with Crippen LogP contribution < -0.4 is 0 Å². The van der Waals surface area contributed by atoms with Gasteiger partial charge in [-0.15, -0.1) is 0 Å². The average molecular weight is 969 g/mol. The minimum absolute atomic E-state index is 0.0991. The lowest BCUT2D eigenvalue weighted by atomic mass is 9.85. The maximum Gasteiger partial charge on any atom is 0.472 e. The van der Waals surface area contributed by atoms with E-state index in [0.29, 0.717) is 19.4 Å². The summed E-state index contributed by atoms with van der Waals surface area (Å²) in [6.45, 7) is 4.11. The van der Waals surface area contributed by atoms with Crippen molar-refractivity contribution in [3.8, 4) is 0 Å². The molecule has 1 aliphatic rings. The highest BCUT2D eigenvalue weighted by Crippen LogP contribution is 2.47. The van der Waals surface area contributed by atoms with Crippen LogP contribution in [-0.4, -0.2) is 98.9 Å². The Kier molecular flexibility index (Phi) is 41.4. The molecule has 67 heavy (non-hydrogen) atoms. The van der Waals surface area contributed by atoms with Gasteiger partial charge in [-0.3, -0.25) is 13.8 Å². The molecule has 1 aliphatic carbocycles. The number of aliphatic hydroxyl groups excluding tert-OH is 5. The minimum atomic E-state index is -5.04. The summed E-state index contributed by atoms with van der Waals surface area (Å²) >= 11 is 0. The van der Waals surface area contributed by atoms with Crippen molar-refractivity contribution in [2.45, 2.75) is 256 Å². The molecular formula is C54H97O12P. The van der Waals surface area contributed by atoms with Crippen molar-refractivity contribution in [3.05, 3.63) is 60.8 Å². The van der Waals surface area contributed by atoms with E-state index in [1.807, 2.05) is 12.2 Å². The van der Waals surface area contributed by atoms with Gasteiger partial charge in [0, 0.05) is 13.0 Å². The Morgan fingerprint density at radius 3 is 1.28 bits per heavy atom. The number of aliphatic hydroxyl groups is 5. The van der Waals surface area contributed by atoms with Crippen molar-refractivity contribution < 1.29 is 58.3 Å². The third kappa shape index (κ3) is 35.7. The van der Waals surface area contributed by atoms with Gasteiger partial charge in [0.15, 0.2) is 0 Å². The van der Waals surface area contributed by atoms with Crippen LogP contribution >= 0.6 is 7.82 Å². The van der Waals surface area contributed by atoms with Gasteiger partial charge in [-0.2, -0.15) is 0 Å². The average Bonchev–Trinajstić information content (AvgIpc) is 3.31. The summed E-state index contributed by atoms with van der Waals surface area (Å²) in [5, 5.41) is 50.3. The maximum absolute atomic E-state index is 12.9. The molecule has 0 aromatic carbocycles. The third-order valence-electron chi connectivity index (χ3n) is 12.2. The van der Waals surface area contributed by atoms with Crippen LogP contribution in [0, 0.1) is 0 Å². The number of hydrogen-bond acceptors (Lipinski definition) is 11. The molecule has 12 nitrogen and oxygen atoms in total. The second kappa shape index (κ2) is 44.0. The highest BCUT2D eigenvalue weighted by molar-refractivity contribution is 7.47. The molecule has 0 bridgehead atoms. The zero-order chi connectivity index (χ0) is 49.1. The van der Waals surface area contributed by atoms with E-state index in [2.05, 4.69) is 62.5 Å². The summed E-state index contributed by atoms with van der Waals surface area (Å²) in [6.07, 6.45) is 44.5. The lowest BCUT2D eigenvalue weighted by Gasteiger charge is -2.41. The summed E-state index contributed by atoms with van der Waals surface area (Å²) in [6, 6.07) is 0. The Bertz CT molecular complexity index is 1340. The SMILES string of the molecule is CC/C=C\C/C=C\C/C=C\C/C=C\C/C=C\CCCC(=O)OC(COCCCCCCCCCCCCCCCCCCCCCCCCC)COP(=O)(O)OC1C(O)C(O)C(O)C(O)C1O. The summed E-state index contributed by atoms with van der Waals surface area (Å²) < 4.78 is 34.3. The van der Waals surface area contributed by atoms with Crippen molar-refractivity contribution in [1.29, 1.82) is 0 Å². The van der Waals surface area contributed by atoms with Crippen LogP contribution in [0.25, 0.3) is 0 Å². The van der Waals surface area contributed by atoms with Gasteiger partial charge < -0.3 is 39.9 Å². The Balaban J connectivity index is 2.33. The predicted octanol–water partition coefficient (Wildman–Crippen LogP) is 12.1. The molecular weight excluding hydrogens is 872 g/mol. The minimum Gasteiger partial charge on any atom is -0.457 e. The third-order valence-corrected chi connectivity index (χ3v) is 13.1. The number of esters is 1. The normalized spacial score (nSPS) is 21.7. The number of carbonyl (C=O) groups is 1. The molecule has 0 aromatic heterocycles. The van der Waals surface area contributed by atoms with Crippen LogP contribution in [0.2, 0.25) is 0 Å². The molecule has 0 spiro atoms. The Morgan fingerprint density at radius 2 is 0.866 bits per heavy atom. The zero-order valence-electron chi connectivity index (χ0n) is 41.9. The van der Waals surface area contributed by atoms with Gasteiger partial charge in [-0.25, -0.2) is 4.57 Å². The molecule has 390 valence electrons. The van der Waals surface area contributed by atoms with E-state index in [-0.39, 0.29) is 13.0 Å². The van der Waals surface area contributed by atoms with E-state index in [9.17, 15) is 39.8 Å². The Hall–Kier alpha value is -1.96. The van der Waals surface area contributed by atoms with Gasteiger partial charge in [0.05, 0.1) is 13.2 Å². The van der Waals surface area contributed by atoms with Gasteiger partial charge in [0.2, 0.25) is 0 Å². The molecule has 1 fully saturated rings. The summed E-state index contributed by atoms with van der Waals surface area (Å²) in [5.41, 5.74) is 0. The molecule has 6 atom stereocenters. The second-order valence-corrected chi connectivity index (χ2v) is 19.8. The molecule has 13 heteroatoms. The molecule has 0 aromatic rings. The van der Waals surface area contributed by atoms with E-state index in [1.165, 1.54) is 128 Å². The molecule has 6 unspecified atom stereocenters. The first-order valence-corrected chi connectivity index (χ1v) is 28.1. The van der Waals surface area contributed by atoms with Crippen LogP contribution in [0.1, 0.15) is 213 Å². The van der Waals surface area contributed by atoms with E-state index in [0.717, 1.165) is 51.4 Å². The van der Waals surface area contributed by atoms with Crippen molar-refractivity contribution >= 4 is 13.8 Å². The van der Waals surface area contributed by atoms with Gasteiger partial charge in [0.1, 0.15) is 42.7 Å². The fraction of sp³-hybridized carbons (Fsp3) is 0.796. The van der Waals surface area contributed by atoms with Gasteiger partial charge >= 0.3 is 13.8 Å². The fourth-order valence-corrected chi connectivity index (χ4v) is 8.95. The van der Waals surface area contributed by atoms with Crippen LogP contribution in [-0.2, 0) is 27.9 Å². The van der Waals surface area contributed by atoms with Crippen molar-refractivity contribution in [2.75, 3.05) is 19.8 Å². The van der Waals surface area contributed by atoms with Crippen LogP contribution in [0.15, 0.2) is 60.8 Å². The first-order valence-electron chi connectivity index (χ1n) is 26.6. The Labute approximate surface area is 407 Å². The first kappa shape index (κ1) is 63.1. The second-order valence-electron chi connectivity index (χ2n) is 18.4. The number of rotatable bonds is 45. The number of allylic oxidation sites excluding steroid dienone is 10. The van der Waals surface area contributed by atoms with E-state index in [1.54, 1.807) is 0 Å². The fourth-order valence-electron chi connectivity index (χ4n) is 7.98. The lowest BCUT2D eigenvalue weighted by molar-refractivity contribution is -0.220. The number of phosphoric acid groups is 1. The number of carbonyl (C=O) groups excluding carboxylic acids is 1. The molecule has 0 amide bonds. The van der Waals surface area contributed by atoms with Crippen molar-refractivity contribution in [3.63, 3.8) is 0 Å². The molecule has 0 saturated heterocycles. The van der Waals surface area contributed by atoms with E-state index >= 15 is 0 Å². The number of hydrogen-bond donors (Lipinski definition) is 6. The van der Waals surface area contributed by atoms with Crippen molar-refractivity contribution in [1.82, 2.24) is 0 Å². The molecule has 1 saturated carbocycles. The molecule has 6 N–H and O–H groups in total. The Morgan fingerprint density at radius 1 is 0.493 bits per heavy atom. The van der Waals surface area contributed by atoms with Crippen LogP contribution in [0.4, 0.5) is 0 Å². The largest absolute Gasteiger partial charge is 0.472 e. The number of phosphoric ester groups is 1. The first-order chi connectivity index (χ1) is 32.5. The predicted molar refractivity (Wildman–Crippen MR) is 272 cm³/mol. The standard InChI is InChI=1S/C54H97O12P/c1-3-5-7-9-11-13-15-17-19-21-22-23-24-25-26-28-30-32-34-36-38-40-42-44-63-45-47(46-64-67(61,62)66-54-52(59)50(57)49(56)51(58)53(54)60)65-48(55)43-41-39-37-35-33-31-29-27-20-18-16-14-12-10-8-6-4-2/h6,8,12,14,18,20,29,31,35,37,47,49-54,56-60H,3-5,7,9-11,13,15-17,19,21-28,30,32-34,36,38-46H2,1-2H3,(H,61,62)/b8-6-,14-12-,20-18-,31-29-,37-35-. The van der Waals surface area contributed by atoms with Crippen LogP contribution in [0.5, 0.6) is 0 Å². The highest BCUT2D eigenvalue weighted by Gasteiger charge is 2.51. The van der Waals surface area contributed by atoms with Crippen LogP contribution in [0.3, 0.4) is 0 Å². The van der Waals surface area contributed by atoms with E-state index in [4.69, 9.17) is 18.5 Å². The van der Waals surface area contributed by atoms with E-state index < -0.39 is 63.1 Å². The summed E-state index contributed by atoms with van der Waals surface area (Å²) in [7, 11) is -5.04. The summed E-state index contributed by atoms with van der Waals surface area (Å²) in [5.74, 6) is -0.531. The lowest BCUT2D eigenvalue weighted by Crippen LogP contribution is -2.64. The van der Waals surface area contributed by atoms with Gasteiger partial charge in [-0.1, -0.05) is 216 Å². The maximum atomic E-state index is 12.9. The molecule has 0 aliphatic heterocycles. The monoisotopic (exact) mass is 969 g/mol. The summed E-state index contributed by atoms with van der Waals surface area (Å²) in [4.78, 5) is 23.2. The van der Waals surface area contributed by atoms with Crippen molar-refractivity contribution in [2.24, 2.45) is 0 Å². The quantitative estimate of drug-likeness (QED) is 0.0147. The van der Waals surface area contributed by atoms with Gasteiger partial charge in [-0.05, 0) is 51.4 Å². The molecule has 0 radical (unpaired) electrons. The number of ether oxygens (including phenoxy) is 2. The smallest absolute Gasteiger partial charge is 0.457 e. The molecule has 0 heterocycles.